The van der Waals surface area contributed by atoms with E-state index in [1.807, 2.05) is 24.3 Å². The van der Waals surface area contributed by atoms with Crippen LogP contribution in [0.4, 0.5) is 0 Å². The third-order valence-corrected chi connectivity index (χ3v) is 3.83. The zero-order valence-electron chi connectivity index (χ0n) is 10.2. The van der Waals surface area contributed by atoms with Crippen LogP contribution < -0.4 is 5.73 Å². The number of pyridine rings is 1. The lowest BCUT2D eigenvalue weighted by Crippen LogP contribution is -2.13. The van der Waals surface area contributed by atoms with Gasteiger partial charge in [-0.1, -0.05) is 18.2 Å². The van der Waals surface area contributed by atoms with Crippen LogP contribution in [0, 0.1) is 12.3 Å². The Hall–Kier alpha value is -1.81. The Morgan fingerprint density at radius 1 is 1.33 bits per heavy atom. The van der Waals surface area contributed by atoms with Gasteiger partial charge in [-0.2, -0.15) is 0 Å². The van der Waals surface area contributed by atoms with E-state index in [2.05, 4.69) is 24.0 Å². The number of amidine groups is 1. The molecule has 0 atom stereocenters. The maximum Gasteiger partial charge on any atom is 0.141 e. The van der Waals surface area contributed by atoms with Gasteiger partial charge in [0.25, 0.3) is 0 Å². The minimum Gasteiger partial charge on any atom is -0.382 e. The highest BCUT2D eigenvalue weighted by atomic mass is 32.2. The van der Waals surface area contributed by atoms with Crippen molar-refractivity contribution in [3.63, 3.8) is 0 Å². The SMILES string of the molecule is Cc1ccccc1SCc1ccnc(C(=N)N)c1. The number of aromatic nitrogens is 1. The minimum atomic E-state index is 0.0118. The van der Waals surface area contributed by atoms with Crippen molar-refractivity contribution in [2.45, 2.75) is 17.6 Å². The smallest absolute Gasteiger partial charge is 0.141 e. The van der Waals surface area contributed by atoms with Gasteiger partial charge in [0.1, 0.15) is 11.5 Å². The Morgan fingerprint density at radius 2 is 2.11 bits per heavy atom. The van der Waals surface area contributed by atoms with Gasteiger partial charge < -0.3 is 5.73 Å². The molecule has 18 heavy (non-hydrogen) atoms. The monoisotopic (exact) mass is 257 g/mol. The average molecular weight is 257 g/mol. The number of nitrogens with zero attached hydrogens (tertiary/aromatic N) is 1. The largest absolute Gasteiger partial charge is 0.382 e. The first-order chi connectivity index (χ1) is 8.66. The summed E-state index contributed by atoms with van der Waals surface area (Å²) in [5.74, 6) is 0.867. The molecule has 1 aromatic heterocycles. The van der Waals surface area contributed by atoms with E-state index in [1.165, 1.54) is 10.5 Å². The highest BCUT2D eigenvalue weighted by Gasteiger charge is 2.02. The van der Waals surface area contributed by atoms with Crippen LogP contribution in [0.25, 0.3) is 0 Å². The Morgan fingerprint density at radius 3 is 2.83 bits per heavy atom. The summed E-state index contributed by atoms with van der Waals surface area (Å²) < 4.78 is 0. The fraction of sp³-hybridized carbons (Fsp3) is 0.143. The van der Waals surface area contributed by atoms with E-state index in [-0.39, 0.29) is 5.84 Å². The lowest BCUT2D eigenvalue weighted by atomic mass is 10.2. The van der Waals surface area contributed by atoms with E-state index in [4.69, 9.17) is 11.1 Å². The second-order valence-electron chi connectivity index (χ2n) is 4.02. The Bertz CT molecular complexity index is 566. The van der Waals surface area contributed by atoms with Gasteiger partial charge in [0.05, 0.1) is 0 Å². The van der Waals surface area contributed by atoms with Gasteiger partial charge in [0, 0.05) is 16.8 Å². The van der Waals surface area contributed by atoms with Crippen LogP contribution in [0.1, 0.15) is 16.8 Å². The van der Waals surface area contributed by atoms with Crippen LogP contribution in [-0.4, -0.2) is 10.8 Å². The number of thioether (sulfide) groups is 1. The van der Waals surface area contributed by atoms with Crippen LogP contribution in [-0.2, 0) is 5.75 Å². The van der Waals surface area contributed by atoms with E-state index in [1.54, 1.807) is 18.0 Å². The number of nitrogen functional groups attached to an aromatic ring is 1. The lowest BCUT2D eigenvalue weighted by molar-refractivity contribution is 1.21. The predicted octanol–water partition coefficient (Wildman–Crippen LogP) is 2.97. The molecule has 1 aromatic carbocycles. The number of benzene rings is 1. The summed E-state index contributed by atoms with van der Waals surface area (Å²) in [7, 11) is 0. The topological polar surface area (TPSA) is 62.8 Å². The van der Waals surface area contributed by atoms with Crippen molar-refractivity contribution < 1.29 is 0 Å². The van der Waals surface area contributed by atoms with E-state index in [0.717, 1.165) is 11.3 Å². The molecule has 3 N–H and O–H groups in total. The maximum absolute atomic E-state index is 7.37. The molecular formula is C14H15N3S. The number of hydrogen-bond donors (Lipinski definition) is 2. The Balaban J connectivity index is 2.09. The summed E-state index contributed by atoms with van der Waals surface area (Å²) in [6, 6.07) is 12.1. The second kappa shape index (κ2) is 5.69. The Kier molecular flexibility index (Phi) is 3.99. The molecule has 0 unspecified atom stereocenters. The molecule has 0 aliphatic carbocycles. The number of aryl methyl sites for hydroxylation is 1. The quantitative estimate of drug-likeness (QED) is 0.503. The number of hydrogen-bond acceptors (Lipinski definition) is 3. The second-order valence-corrected chi connectivity index (χ2v) is 5.03. The summed E-state index contributed by atoms with van der Waals surface area (Å²) in [5, 5.41) is 7.37. The molecule has 0 fully saturated rings. The lowest BCUT2D eigenvalue weighted by Gasteiger charge is -2.06. The Labute approximate surface area is 111 Å². The minimum absolute atomic E-state index is 0.0118. The molecule has 0 aliphatic rings. The van der Waals surface area contributed by atoms with E-state index >= 15 is 0 Å². The molecule has 0 aliphatic heterocycles. The van der Waals surface area contributed by atoms with Gasteiger partial charge in [0.15, 0.2) is 0 Å². The number of nitrogens with two attached hydrogens (primary N) is 1. The molecule has 3 nitrogen and oxygen atoms in total. The highest BCUT2D eigenvalue weighted by molar-refractivity contribution is 7.98. The van der Waals surface area contributed by atoms with Crippen molar-refractivity contribution in [2.24, 2.45) is 5.73 Å². The first kappa shape index (κ1) is 12.6. The van der Waals surface area contributed by atoms with Crippen LogP contribution in [0.15, 0.2) is 47.5 Å². The molecule has 2 aromatic rings. The normalized spacial score (nSPS) is 10.3. The fourth-order valence-electron chi connectivity index (χ4n) is 1.59. The molecule has 0 saturated heterocycles. The first-order valence-electron chi connectivity index (χ1n) is 5.64. The van der Waals surface area contributed by atoms with Gasteiger partial charge in [-0.3, -0.25) is 10.4 Å². The van der Waals surface area contributed by atoms with Crippen molar-refractivity contribution in [3.05, 3.63) is 59.4 Å². The summed E-state index contributed by atoms with van der Waals surface area (Å²) >= 11 is 1.78. The van der Waals surface area contributed by atoms with Gasteiger partial charge >= 0.3 is 0 Å². The molecule has 92 valence electrons. The van der Waals surface area contributed by atoms with Crippen LogP contribution in [0.5, 0.6) is 0 Å². The molecule has 0 radical (unpaired) electrons. The predicted molar refractivity (Wildman–Crippen MR) is 76.0 cm³/mol. The fourth-order valence-corrected chi connectivity index (χ4v) is 2.56. The van der Waals surface area contributed by atoms with Gasteiger partial charge in [-0.25, -0.2) is 0 Å². The van der Waals surface area contributed by atoms with Gasteiger partial charge in [-0.05, 0) is 36.2 Å². The van der Waals surface area contributed by atoms with Crippen molar-refractivity contribution in [2.75, 3.05) is 0 Å². The summed E-state index contributed by atoms with van der Waals surface area (Å²) in [6.07, 6.45) is 1.70. The van der Waals surface area contributed by atoms with Crippen molar-refractivity contribution >= 4 is 17.6 Å². The zero-order chi connectivity index (χ0) is 13.0. The molecule has 2 rings (SSSR count). The van der Waals surface area contributed by atoms with Crippen molar-refractivity contribution in [3.8, 4) is 0 Å². The molecule has 0 bridgehead atoms. The molecular weight excluding hydrogens is 242 g/mol. The average Bonchev–Trinajstić information content (AvgIpc) is 2.38. The van der Waals surface area contributed by atoms with Crippen molar-refractivity contribution in [1.82, 2.24) is 4.98 Å². The summed E-state index contributed by atoms with van der Waals surface area (Å²) in [5.41, 5.74) is 8.38. The van der Waals surface area contributed by atoms with Gasteiger partial charge in [0.2, 0.25) is 0 Å². The number of rotatable bonds is 4. The molecule has 4 heteroatoms. The van der Waals surface area contributed by atoms with Crippen molar-refractivity contribution in [1.29, 1.82) is 5.41 Å². The standard InChI is InChI=1S/C14H15N3S/c1-10-4-2-3-5-13(10)18-9-11-6-7-17-12(8-11)14(15)16/h2-8H,9H2,1H3,(H3,15,16). The van der Waals surface area contributed by atoms with Crippen LogP contribution in [0.3, 0.4) is 0 Å². The van der Waals surface area contributed by atoms with Crippen LogP contribution >= 0.6 is 11.8 Å². The third-order valence-electron chi connectivity index (χ3n) is 2.59. The maximum atomic E-state index is 7.37. The number of nitrogens with one attached hydrogen (secondary N) is 1. The van der Waals surface area contributed by atoms with E-state index < -0.39 is 0 Å². The first-order valence-corrected chi connectivity index (χ1v) is 6.63. The van der Waals surface area contributed by atoms with Gasteiger partial charge in [-0.15, -0.1) is 11.8 Å². The zero-order valence-corrected chi connectivity index (χ0v) is 11.0. The molecule has 0 saturated carbocycles. The third kappa shape index (κ3) is 3.11. The molecule has 1 heterocycles. The summed E-state index contributed by atoms with van der Waals surface area (Å²) in [4.78, 5) is 5.33. The molecule has 0 spiro atoms. The van der Waals surface area contributed by atoms with Crippen LogP contribution in [0.2, 0.25) is 0 Å². The highest BCUT2D eigenvalue weighted by Crippen LogP contribution is 2.25. The molecule has 0 amide bonds. The van der Waals surface area contributed by atoms with E-state index in [0.29, 0.717) is 5.69 Å². The summed E-state index contributed by atoms with van der Waals surface area (Å²) in [6.45, 7) is 2.11. The van der Waals surface area contributed by atoms with E-state index in [9.17, 15) is 0 Å².